The quantitative estimate of drug-likeness (QED) is 0.174. The summed E-state index contributed by atoms with van der Waals surface area (Å²) in [4.78, 5) is 14.7. The minimum absolute atomic E-state index is 0.536. The van der Waals surface area contributed by atoms with Gasteiger partial charge in [0.2, 0.25) is 0 Å². The summed E-state index contributed by atoms with van der Waals surface area (Å²) in [5.41, 5.74) is 12.3. The number of fused-ring (bicyclic) bond motifs is 5. The average Bonchev–Trinajstić information content (AvgIpc) is 3.81. The molecule has 0 radical (unpaired) electrons. The lowest BCUT2D eigenvalue weighted by Crippen LogP contribution is -2.28. The molecule has 54 heavy (non-hydrogen) atoms. The molecule has 0 fully saturated rings. The molecule has 0 spiro atoms. The van der Waals surface area contributed by atoms with Crippen molar-refractivity contribution in [2.24, 2.45) is 0 Å². The zero-order valence-electron chi connectivity index (χ0n) is 29.0. The molecule has 0 amide bonds. The number of nitrogens with zero attached hydrogens (tertiary/aromatic N) is 4. The number of furan rings is 1. The Labute approximate surface area is 312 Å². The van der Waals surface area contributed by atoms with Crippen LogP contribution in [0.25, 0.3) is 67.4 Å². The van der Waals surface area contributed by atoms with Crippen molar-refractivity contribution < 1.29 is 4.42 Å². The van der Waals surface area contributed by atoms with Crippen LogP contribution in [-0.4, -0.2) is 15.0 Å². The molecule has 0 atom stereocenters. The zero-order valence-corrected chi connectivity index (χ0v) is 29.0. The molecule has 1 aliphatic rings. The van der Waals surface area contributed by atoms with Crippen LogP contribution >= 0.6 is 0 Å². The van der Waals surface area contributed by atoms with Gasteiger partial charge in [-0.05, 0) is 56.6 Å². The minimum Gasteiger partial charge on any atom is -0.463 e. The van der Waals surface area contributed by atoms with Crippen LogP contribution in [0.1, 0.15) is 27.8 Å². The molecule has 10 rings (SSSR count). The third-order valence-electron chi connectivity index (χ3n) is 10.5. The predicted octanol–water partition coefficient (Wildman–Crippen LogP) is 11.5. The maximum atomic E-state index is 10.2. The fourth-order valence-corrected chi connectivity index (χ4v) is 8.12. The number of rotatable bonds is 6. The predicted molar refractivity (Wildman–Crippen MR) is 213 cm³/mol. The maximum Gasteiger partial charge on any atom is 0.164 e. The topological polar surface area (TPSA) is 75.6 Å². The zero-order chi connectivity index (χ0) is 36.1. The first-order valence-corrected chi connectivity index (χ1v) is 17.9. The molecule has 7 aromatic carbocycles. The molecular weight excluding hydrogens is 661 g/mol. The summed E-state index contributed by atoms with van der Waals surface area (Å²) in [6.45, 7) is 0. The van der Waals surface area contributed by atoms with E-state index in [-0.39, 0.29) is 0 Å². The Balaban J connectivity index is 1.14. The molecule has 0 unspecified atom stereocenters. The van der Waals surface area contributed by atoms with Crippen molar-refractivity contribution in [3.05, 3.63) is 210 Å². The van der Waals surface area contributed by atoms with Gasteiger partial charge in [0, 0.05) is 22.1 Å². The van der Waals surface area contributed by atoms with E-state index in [1.54, 1.807) is 6.26 Å². The number of benzene rings is 7. The minimum atomic E-state index is -0.631. The Morgan fingerprint density at radius 3 is 1.48 bits per heavy atom. The fourth-order valence-electron chi connectivity index (χ4n) is 8.12. The van der Waals surface area contributed by atoms with Crippen molar-refractivity contribution >= 4 is 11.0 Å². The van der Waals surface area contributed by atoms with Gasteiger partial charge in [0.1, 0.15) is 17.9 Å². The van der Waals surface area contributed by atoms with Gasteiger partial charge in [0.05, 0.1) is 11.0 Å². The average molecular weight is 691 g/mol. The van der Waals surface area contributed by atoms with E-state index in [1.165, 1.54) is 0 Å². The molecule has 252 valence electrons. The first-order chi connectivity index (χ1) is 26.7. The molecule has 2 heterocycles. The van der Waals surface area contributed by atoms with Crippen molar-refractivity contribution in [2.75, 3.05) is 0 Å². The van der Waals surface area contributed by atoms with Crippen molar-refractivity contribution in [2.45, 2.75) is 5.41 Å². The molecule has 0 aliphatic heterocycles. The molecule has 0 saturated carbocycles. The summed E-state index contributed by atoms with van der Waals surface area (Å²) in [7, 11) is 0. The molecule has 9 aromatic rings. The molecule has 0 N–H and O–H groups in total. The van der Waals surface area contributed by atoms with Crippen LogP contribution in [0.5, 0.6) is 0 Å². The lowest BCUT2D eigenvalue weighted by Gasteiger charge is -2.34. The van der Waals surface area contributed by atoms with Crippen LogP contribution in [0, 0.1) is 11.3 Å². The number of nitriles is 1. The highest BCUT2D eigenvalue weighted by atomic mass is 16.3. The van der Waals surface area contributed by atoms with Crippen LogP contribution < -0.4 is 0 Å². The van der Waals surface area contributed by atoms with E-state index in [2.05, 4.69) is 115 Å². The van der Waals surface area contributed by atoms with Gasteiger partial charge in [-0.3, -0.25) is 0 Å². The Hall–Kier alpha value is -7.42. The van der Waals surface area contributed by atoms with E-state index in [4.69, 9.17) is 19.4 Å². The van der Waals surface area contributed by atoms with Crippen molar-refractivity contribution in [3.63, 3.8) is 0 Å². The van der Waals surface area contributed by atoms with E-state index in [0.717, 1.165) is 66.6 Å². The van der Waals surface area contributed by atoms with Gasteiger partial charge in [0.25, 0.3) is 0 Å². The number of hydrogen-bond acceptors (Lipinski definition) is 5. The first kappa shape index (κ1) is 31.3. The fraction of sp³-hybridized carbons (Fsp3) is 0.0204. The summed E-state index contributed by atoms with van der Waals surface area (Å²) >= 11 is 0. The van der Waals surface area contributed by atoms with Gasteiger partial charge in [-0.25, -0.2) is 15.0 Å². The SMILES string of the molecule is N#Cc1coc2ccc3c(c12)-c1ccc(-c2ccc(-c4nc(-c5ccccc5)nc(-c5ccccc5)n4)cc2)cc1C3(c1ccccc1)c1ccccc1. The lowest BCUT2D eigenvalue weighted by atomic mass is 9.67. The molecule has 5 nitrogen and oxygen atoms in total. The highest BCUT2D eigenvalue weighted by Crippen LogP contribution is 2.58. The molecule has 1 aliphatic carbocycles. The molecule has 0 bridgehead atoms. The summed E-state index contributed by atoms with van der Waals surface area (Å²) in [5.74, 6) is 1.88. The van der Waals surface area contributed by atoms with Crippen molar-refractivity contribution in [3.8, 4) is 62.5 Å². The Kier molecular flexibility index (Phi) is 7.35. The van der Waals surface area contributed by atoms with E-state index in [9.17, 15) is 5.26 Å². The maximum absolute atomic E-state index is 10.2. The summed E-state index contributed by atoms with van der Waals surface area (Å²) in [6.07, 6.45) is 1.57. The summed E-state index contributed by atoms with van der Waals surface area (Å²) in [5, 5.41) is 11.0. The second kappa shape index (κ2) is 12.7. The van der Waals surface area contributed by atoms with Crippen molar-refractivity contribution in [1.29, 1.82) is 5.26 Å². The molecule has 5 heteroatoms. The van der Waals surface area contributed by atoms with Crippen LogP contribution in [-0.2, 0) is 5.41 Å². The third-order valence-corrected chi connectivity index (χ3v) is 10.5. The van der Waals surface area contributed by atoms with Gasteiger partial charge in [0.15, 0.2) is 17.5 Å². The van der Waals surface area contributed by atoms with Crippen LogP contribution in [0.15, 0.2) is 187 Å². The lowest BCUT2D eigenvalue weighted by molar-refractivity contribution is 0.614. The molecule has 2 aromatic heterocycles. The highest BCUT2D eigenvalue weighted by molar-refractivity contribution is 6.05. The Morgan fingerprint density at radius 2 is 0.944 bits per heavy atom. The monoisotopic (exact) mass is 690 g/mol. The van der Waals surface area contributed by atoms with Crippen LogP contribution in [0.3, 0.4) is 0 Å². The second-order valence-corrected chi connectivity index (χ2v) is 13.5. The highest BCUT2D eigenvalue weighted by Gasteiger charge is 2.47. The van der Waals surface area contributed by atoms with E-state index in [0.29, 0.717) is 28.6 Å². The largest absolute Gasteiger partial charge is 0.463 e. The van der Waals surface area contributed by atoms with E-state index < -0.39 is 5.41 Å². The second-order valence-electron chi connectivity index (χ2n) is 13.5. The smallest absolute Gasteiger partial charge is 0.164 e. The van der Waals surface area contributed by atoms with E-state index in [1.807, 2.05) is 66.7 Å². The van der Waals surface area contributed by atoms with E-state index >= 15 is 0 Å². The van der Waals surface area contributed by atoms with Crippen LogP contribution in [0.4, 0.5) is 0 Å². The normalized spacial score (nSPS) is 12.6. The standard InChI is InChI=1S/C49H30N4O/c50-30-37-31-54-43-28-27-41-45(44(37)43)40-26-25-36(29-42(40)49(41,38-17-9-3-10-18-38)39-19-11-4-12-20-39)32-21-23-35(24-22-32)48-52-46(33-13-5-1-6-14-33)51-47(53-48)34-15-7-2-8-16-34/h1-29,31H. The molecule has 0 saturated heterocycles. The summed E-state index contributed by atoms with van der Waals surface area (Å²) < 4.78 is 5.93. The number of aromatic nitrogens is 3. The van der Waals surface area contributed by atoms with Gasteiger partial charge in [-0.1, -0.05) is 164 Å². The van der Waals surface area contributed by atoms with Gasteiger partial charge >= 0.3 is 0 Å². The number of hydrogen-bond donors (Lipinski definition) is 0. The van der Waals surface area contributed by atoms with Crippen LogP contribution in [0.2, 0.25) is 0 Å². The molecular formula is C49H30N4O. The first-order valence-electron chi connectivity index (χ1n) is 17.9. The third kappa shape index (κ3) is 4.89. The Bertz CT molecular complexity index is 2760. The van der Waals surface area contributed by atoms with Gasteiger partial charge in [-0.15, -0.1) is 0 Å². The van der Waals surface area contributed by atoms with Crippen molar-refractivity contribution in [1.82, 2.24) is 15.0 Å². The summed E-state index contributed by atoms with van der Waals surface area (Å²) in [6, 6.07) is 63.2. The van der Waals surface area contributed by atoms with Gasteiger partial charge in [-0.2, -0.15) is 5.26 Å². The van der Waals surface area contributed by atoms with Gasteiger partial charge < -0.3 is 4.42 Å². The Morgan fingerprint density at radius 1 is 0.463 bits per heavy atom.